The molecular formula is C16H19Cl2FN2O. The average molecular weight is 345 g/mol. The Morgan fingerprint density at radius 3 is 2.55 bits per heavy atom. The fraction of sp³-hybridized carbons (Fsp3) is 0.438. The predicted octanol–water partition coefficient (Wildman–Crippen LogP) is 3.88. The van der Waals surface area contributed by atoms with Gasteiger partial charge in [-0.25, -0.2) is 4.39 Å². The number of benzene rings is 1. The number of nitrogens with one attached hydrogen (secondary N) is 1. The number of nitrogens with zero attached hydrogens (tertiary/aromatic N) is 1. The Bertz CT molecular complexity index is 643. The van der Waals surface area contributed by atoms with E-state index in [9.17, 15) is 4.39 Å². The van der Waals surface area contributed by atoms with Crippen LogP contribution in [0.2, 0.25) is 0 Å². The zero-order valence-corrected chi connectivity index (χ0v) is 13.6. The second-order valence-corrected chi connectivity index (χ2v) is 5.82. The highest BCUT2D eigenvalue weighted by Gasteiger charge is 2.34. The molecule has 6 heteroatoms. The summed E-state index contributed by atoms with van der Waals surface area (Å²) in [6.07, 6.45) is 6.52. The van der Waals surface area contributed by atoms with E-state index in [1.54, 1.807) is 12.3 Å². The van der Waals surface area contributed by atoms with Gasteiger partial charge in [-0.05, 0) is 49.9 Å². The molecule has 3 nitrogen and oxygen atoms in total. The first-order valence-electron chi connectivity index (χ1n) is 7.25. The zero-order chi connectivity index (χ0) is 13.5. The molecule has 2 bridgehead atoms. The van der Waals surface area contributed by atoms with Crippen molar-refractivity contribution in [1.82, 2.24) is 10.3 Å². The first kappa shape index (κ1) is 17.3. The summed E-state index contributed by atoms with van der Waals surface area (Å²) < 4.78 is 19.6. The molecule has 1 N–H and O–H groups in total. The molecule has 0 spiro atoms. The van der Waals surface area contributed by atoms with Crippen LogP contribution in [-0.2, 0) is 0 Å². The second-order valence-electron chi connectivity index (χ2n) is 5.82. The fourth-order valence-corrected chi connectivity index (χ4v) is 3.48. The van der Waals surface area contributed by atoms with E-state index in [1.807, 2.05) is 6.07 Å². The van der Waals surface area contributed by atoms with E-state index in [-0.39, 0.29) is 36.7 Å². The molecule has 4 rings (SSSR count). The van der Waals surface area contributed by atoms with Gasteiger partial charge in [0.25, 0.3) is 0 Å². The Kier molecular flexibility index (Phi) is 5.48. The van der Waals surface area contributed by atoms with Crippen molar-refractivity contribution >= 4 is 35.7 Å². The van der Waals surface area contributed by atoms with Gasteiger partial charge in [0.05, 0.1) is 5.52 Å². The third-order valence-corrected chi connectivity index (χ3v) is 4.39. The van der Waals surface area contributed by atoms with Crippen molar-refractivity contribution in [3.8, 4) is 5.75 Å². The summed E-state index contributed by atoms with van der Waals surface area (Å²) in [4.78, 5) is 4.26. The van der Waals surface area contributed by atoms with Gasteiger partial charge < -0.3 is 10.1 Å². The van der Waals surface area contributed by atoms with E-state index >= 15 is 0 Å². The van der Waals surface area contributed by atoms with E-state index < -0.39 is 0 Å². The number of hydrogen-bond donors (Lipinski definition) is 1. The fourth-order valence-electron chi connectivity index (χ4n) is 3.48. The molecule has 2 aliphatic heterocycles. The lowest BCUT2D eigenvalue weighted by atomic mass is 10.0. The van der Waals surface area contributed by atoms with Gasteiger partial charge in [0.1, 0.15) is 17.7 Å². The number of rotatable bonds is 2. The molecule has 2 atom stereocenters. The van der Waals surface area contributed by atoms with Gasteiger partial charge in [0, 0.05) is 23.7 Å². The molecule has 2 fully saturated rings. The summed E-state index contributed by atoms with van der Waals surface area (Å²) in [5.41, 5.74) is 0.779. The summed E-state index contributed by atoms with van der Waals surface area (Å²) in [5, 5.41) is 4.36. The molecule has 2 saturated heterocycles. The van der Waals surface area contributed by atoms with Crippen LogP contribution in [0.25, 0.3) is 10.9 Å². The molecule has 1 aromatic carbocycles. The van der Waals surface area contributed by atoms with Crippen LogP contribution in [-0.4, -0.2) is 23.2 Å². The number of pyridine rings is 1. The molecule has 0 aliphatic carbocycles. The first-order valence-corrected chi connectivity index (χ1v) is 7.25. The summed E-state index contributed by atoms with van der Waals surface area (Å²) >= 11 is 0. The highest BCUT2D eigenvalue weighted by molar-refractivity contribution is 5.86. The van der Waals surface area contributed by atoms with Crippen molar-refractivity contribution in [3.05, 3.63) is 36.3 Å². The van der Waals surface area contributed by atoms with Crippen molar-refractivity contribution < 1.29 is 9.13 Å². The van der Waals surface area contributed by atoms with Crippen LogP contribution >= 0.6 is 24.8 Å². The predicted molar refractivity (Wildman–Crippen MR) is 89.8 cm³/mol. The van der Waals surface area contributed by atoms with Crippen molar-refractivity contribution in [1.29, 1.82) is 0 Å². The molecule has 2 unspecified atom stereocenters. The molecule has 1 aromatic heterocycles. The highest BCUT2D eigenvalue weighted by atomic mass is 35.5. The molecule has 2 aromatic rings. The Morgan fingerprint density at radius 2 is 1.82 bits per heavy atom. The minimum absolute atomic E-state index is 0. The molecule has 0 saturated carbocycles. The van der Waals surface area contributed by atoms with Gasteiger partial charge in [-0.2, -0.15) is 0 Å². The van der Waals surface area contributed by atoms with Gasteiger partial charge >= 0.3 is 0 Å². The standard InChI is InChI=1S/C16H17FN2O.2ClH/c17-10-1-4-15-14(7-10)16(5-6-18-15)20-13-8-11-2-3-12(9-13)19-11;;/h1,4-7,11-13,19H,2-3,8-9H2;2*1H. The molecule has 3 heterocycles. The summed E-state index contributed by atoms with van der Waals surface area (Å²) in [5.74, 6) is 0.501. The van der Waals surface area contributed by atoms with E-state index in [1.165, 1.54) is 25.0 Å². The van der Waals surface area contributed by atoms with Crippen LogP contribution in [0.3, 0.4) is 0 Å². The molecular weight excluding hydrogens is 326 g/mol. The quantitative estimate of drug-likeness (QED) is 0.897. The Hall–Kier alpha value is -1.10. The zero-order valence-electron chi connectivity index (χ0n) is 12.0. The Balaban J connectivity index is 0.000000882. The van der Waals surface area contributed by atoms with Crippen LogP contribution in [0.1, 0.15) is 25.7 Å². The van der Waals surface area contributed by atoms with Crippen molar-refractivity contribution in [2.24, 2.45) is 0 Å². The van der Waals surface area contributed by atoms with E-state index in [4.69, 9.17) is 4.74 Å². The van der Waals surface area contributed by atoms with E-state index in [0.29, 0.717) is 12.1 Å². The lowest BCUT2D eigenvalue weighted by Crippen LogP contribution is -2.42. The van der Waals surface area contributed by atoms with Crippen LogP contribution in [0, 0.1) is 5.82 Å². The minimum Gasteiger partial charge on any atom is -0.490 e. The number of fused-ring (bicyclic) bond motifs is 3. The lowest BCUT2D eigenvalue weighted by Gasteiger charge is -2.29. The summed E-state index contributed by atoms with van der Waals surface area (Å²) in [7, 11) is 0. The van der Waals surface area contributed by atoms with Crippen molar-refractivity contribution in [2.45, 2.75) is 43.9 Å². The molecule has 0 amide bonds. The van der Waals surface area contributed by atoms with Crippen molar-refractivity contribution in [3.63, 3.8) is 0 Å². The topological polar surface area (TPSA) is 34.1 Å². The molecule has 22 heavy (non-hydrogen) atoms. The van der Waals surface area contributed by atoms with Crippen molar-refractivity contribution in [2.75, 3.05) is 0 Å². The second kappa shape index (κ2) is 6.99. The van der Waals surface area contributed by atoms with Crippen LogP contribution in [0.15, 0.2) is 30.5 Å². The first-order chi connectivity index (χ1) is 9.78. The van der Waals surface area contributed by atoms with E-state index in [0.717, 1.165) is 29.5 Å². The Labute approximate surface area is 141 Å². The van der Waals surface area contributed by atoms with Crippen LogP contribution in [0.5, 0.6) is 5.75 Å². The SMILES string of the molecule is Cl.Cl.Fc1ccc2nccc(OC3CC4CCC(C3)N4)c2c1. The molecule has 2 aliphatic rings. The normalized spacial score (nSPS) is 26.1. The van der Waals surface area contributed by atoms with Crippen LogP contribution < -0.4 is 10.1 Å². The third kappa shape index (κ3) is 3.29. The number of ether oxygens (including phenoxy) is 1. The lowest BCUT2D eigenvalue weighted by molar-refractivity contribution is 0.139. The maximum atomic E-state index is 13.4. The number of aromatic nitrogens is 1. The Morgan fingerprint density at radius 1 is 1.09 bits per heavy atom. The van der Waals surface area contributed by atoms with E-state index in [2.05, 4.69) is 10.3 Å². The maximum absolute atomic E-state index is 13.4. The maximum Gasteiger partial charge on any atom is 0.130 e. The third-order valence-electron chi connectivity index (χ3n) is 4.39. The van der Waals surface area contributed by atoms with Crippen LogP contribution in [0.4, 0.5) is 4.39 Å². The largest absolute Gasteiger partial charge is 0.490 e. The van der Waals surface area contributed by atoms with Gasteiger partial charge in [-0.1, -0.05) is 0 Å². The average Bonchev–Trinajstić information content (AvgIpc) is 2.79. The summed E-state index contributed by atoms with van der Waals surface area (Å²) in [6.45, 7) is 0. The number of hydrogen-bond acceptors (Lipinski definition) is 3. The number of piperidine rings is 1. The number of halogens is 3. The van der Waals surface area contributed by atoms with Gasteiger partial charge in [-0.3, -0.25) is 4.98 Å². The summed E-state index contributed by atoms with van der Waals surface area (Å²) in [6, 6.07) is 7.65. The molecule has 0 radical (unpaired) electrons. The van der Waals surface area contributed by atoms with Gasteiger partial charge in [0.2, 0.25) is 0 Å². The van der Waals surface area contributed by atoms with Gasteiger partial charge in [-0.15, -0.1) is 24.8 Å². The van der Waals surface area contributed by atoms with Gasteiger partial charge in [0.15, 0.2) is 0 Å². The smallest absolute Gasteiger partial charge is 0.130 e. The highest BCUT2D eigenvalue weighted by Crippen LogP contribution is 2.32. The molecule has 120 valence electrons. The minimum atomic E-state index is -0.249. The monoisotopic (exact) mass is 344 g/mol.